The van der Waals surface area contributed by atoms with Gasteiger partial charge in [0.25, 0.3) is 5.91 Å². The van der Waals surface area contributed by atoms with Gasteiger partial charge in [-0.3, -0.25) is 19.5 Å². The number of fused-ring (bicyclic) bond motifs is 3. The van der Waals surface area contributed by atoms with E-state index in [1.54, 1.807) is 47.5 Å². The number of carbonyl (C=O) groups is 3. The number of rotatable bonds is 3. The van der Waals surface area contributed by atoms with Crippen molar-refractivity contribution in [1.82, 2.24) is 20.0 Å². The van der Waals surface area contributed by atoms with Crippen molar-refractivity contribution in [2.45, 2.75) is 43.3 Å². The number of aromatic amines is 1. The van der Waals surface area contributed by atoms with Crippen LogP contribution < -0.4 is 4.90 Å². The average molecular weight is 560 g/mol. The van der Waals surface area contributed by atoms with Crippen molar-refractivity contribution < 1.29 is 27.6 Å². The molecule has 1 atom stereocenters. The third-order valence-electron chi connectivity index (χ3n) is 8.25. The van der Waals surface area contributed by atoms with Gasteiger partial charge >= 0.3 is 6.18 Å². The number of alkyl halides is 3. The van der Waals surface area contributed by atoms with Gasteiger partial charge in [0.15, 0.2) is 0 Å². The molecule has 0 radical (unpaired) electrons. The Bertz CT molecular complexity index is 1480. The second-order valence-corrected chi connectivity index (χ2v) is 10.8. The summed E-state index contributed by atoms with van der Waals surface area (Å²) in [6.45, 7) is 0.0690. The number of carbonyl (C=O) groups excluding carboxylic acids is 3. The standard InChI is InChI=1S/C27H25ClF3N5O3/c28-18-3-1-4-20-23(18)26(25(39)36(20)15-22(37)35-10-2-5-21(35)27(29,30)31)8-11-34(12-9-26)24(38)16-6-7-19-17(13-16)14-32-33-19/h1,3-4,6-7,13-14,21H,2,5,8-12,15H2,(H,32,33)/t21-/m0/s1. The van der Waals surface area contributed by atoms with Crippen molar-refractivity contribution in [3.8, 4) is 0 Å². The van der Waals surface area contributed by atoms with Gasteiger partial charge < -0.3 is 14.7 Å². The summed E-state index contributed by atoms with van der Waals surface area (Å²) in [6, 6.07) is 8.42. The monoisotopic (exact) mass is 559 g/mol. The molecular formula is C27H25ClF3N5O3. The zero-order valence-corrected chi connectivity index (χ0v) is 21.6. The molecule has 1 spiro atoms. The Hall–Kier alpha value is -3.60. The van der Waals surface area contributed by atoms with E-state index in [9.17, 15) is 27.6 Å². The Morgan fingerprint density at radius 3 is 2.64 bits per heavy atom. The predicted octanol–water partition coefficient (Wildman–Crippen LogP) is 4.29. The van der Waals surface area contributed by atoms with Gasteiger partial charge in [0.2, 0.25) is 11.8 Å². The van der Waals surface area contributed by atoms with Crippen molar-refractivity contribution in [3.05, 3.63) is 58.7 Å². The largest absolute Gasteiger partial charge is 0.408 e. The van der Waals surface area contributed by atoms with E-state index in [1.807, 2.05) is 0 Å². The number of nitrogens with zero attached hydrogens (tertiary/aromatic N) is 4. The molecule has 2 fully saturated rings. The summed E-state index contributed by atoms with van der Waals surface area (Å²) in [7, 11) is 0. The van der Waals surface area contributed by atoms with Gasteiger partial charge in [0, 0.05) is 41.2 Å². The van der Waals surface area contributed by atoms with Gasteiger partial charge in [0.05, 0.1) is 22.8 Å². The minimum atomic E-state index is -4.52. The number of amides is 3. The summed E-state index contributed by atoms with van der Waals surface area (Å²) < 4.78 is 40.5. The third-order valence-corrected chi connectivity index (χ3v) is 8.57. The van der Waals surface area contributed by atoms with E-state index in [0.29, 0.717) is 21.8 Å². The average Bonchev–Trinajstić information content (AvgIpc) is 3.64. The van der Waals surface area contributed by atoms with Crippen LogP contribution in [-0.4, -0.2) is 76.1 Å². The molecule has 3 aliphatic rings. The molecule has 8 nitrogen and oxygen atoms in total. The fourth-order valence-electron chi connectivity index (χ4n) is 6.29. The number of benzene rings is 2. The highest BCUT2D eigenvalue weighted by atomic mass is 35.5. The molecule has 3 aliphatic heterocycles. The van der Waals surface area contributed by atoms with E-state index in [1.165, 1.54) is 4.90 Å². The lowest BCUT2D eigenvalue weighted by Gasteiger charge is -2.39. The summed E-state index contributed by atoms with van der Waals surface area (Å²) >= 11 is 6.60. The minimum Gasteiger partial charge on any atom is -0.339 e. The van der Waals surface area contributed by atoms with E-state index in [2.05, 4.69) is 10.2 Å². The zero-order chi connectivity index (χ0) is 27.5. The van der Waals surface area contributed by atoms with Gasteiger partial charge in [-0.1, -0.05) is 17.7 Å². The molecule has 3 aromatic rings. The minimum absolute atomic E-state index is 0.000266. The van der Waals surface area contributed by atoms with Gasteiger partial charge in [-0.25, -0.2) is 0 Å². The van der Waals surface area contributed by atoms with E-state index in [4.69, 9.17) is 11.6 Å². The molecule has 39 heavy (non-hydrogen) atoms. The summed E-state index contributed by atoms with van der Waals surface area (Å²) in [4.78, 5) is 44.1. The Kier molecular flexibility index (Phi) is 6.09. The van der Waals surface area contributed by atoms with Gasteiger partial charge in [-0.2, -0.15) is 18.3 Å². The maximum Gasteiger partial charge on any atom is 0.408 e. The number of H-pyrrole nitrogens is 1. The van der Waals surface area contributed by atoms with Gasteiger partial charge in [0.1, 0.15) is 12.6 Å². The lowest BCUT2D eigenvalue weighted by atomic mass is 9.73. The quantitative estimate of drug-likeness (QED) is 0.518. The van der Waals surface area contributed by atoms with Crippen LogP contribution in [0, 0.1) is 0 Å². The van der Waals surface area contributed by atoms with Crippen molar-refractivity contribution in [3.63, 3.8) is 0 Å². The van der Waals surface area contributed by atoms with Crippen molar-refractivity contribution in [1.29, 1.82) is 0 Å². The number of likely N-dealkylation sites (tertiary alicyclic amines) is 2. The zero-order valence-electron chi connectivity index (χ0n) is 20.8. The maximum absolute atomic E-state index is 13.9. The molecular weight excluding hydrogens is 535 g/mol. The smallest absolute Gasteiger partial charge is 0.339 e. The number of anilines is 1. The van der Waals surface area contributed by atoms with Crippen LogP contribution in [0.15, 0.2) is 42.6 Å². The number of halogens is 4. The molecule has 1 N–H and O–H groups in total. The molecule has 0 bridgehead atoms. The Morgan fingerprint density at radius 1 is 1.13 bits per heavy atom. The molecule has 0 saturated carbocycles. The van der Waals surface area contributed by atoms with E-state index in [-0.39, 0.29) is 57.1 Å². The third kappa shape index (κ3) is 4.14. The van der Waals surface area contributed by atoms with Crippen LogP contribution in [0.1, 0.15) is 41.6 Å². The molecule has 3 amide bonds. The molecule has 6 rings (SSSR count). The van der Waals surface area contributed by atoms with Gasteiger partial charge in [-0.15, -0.1) is 0 Å². The first-order valence-electron chi connectivity index (χ1n) is 12.8. The molecule has 2 saturated heterocycles. The molecule has 2 aromatic carbocycles. The first kappa shape index (κ1) is 25.7. The molecule has 204 valence electrons. The molecule has 4 heterocycles. The summed E-state index contributed by atoms with van der Waals surface area (Å²) in [5.41, 5.74) is 1.28. The van der Waals surface area contributed by atoms with Crippen LogP contribution in [0.2, 0.25) is 5.02 Å². The van der Waals surface area contributed by atoms with Crippen LogP contribution in [0.5, 0.6) is 0 Å². The van der Waals surface area contributed by atoms with Crippen LogP contribution in [0.25, 0.3) is 10.9 Å². The van der Waals surface area contributed by atoms with E-state index >= 15 is 0 Å². The van der Waals surface area contributed by atoms with Crippen LogP contribution >= 0.6 is 11.6 Å². The Balaban J connectivity index is 1.24. The molecule has 1 aromatic heterocycles. The second-order valence-electron chi connectivity index (χ2n) is 10.4. The van der Waals surface area contributed by atoms with Crippen LogP contribution in [0.4, 0.5) is 18.9 Å². The first-order chi connectivity index (χ1) is 18.6. The first-order valence-corrected chi connectivity index (χ1v) is 13.2. The van der Waals surface area contributed by atoms with Gasteiger partial charge in [-0.05, 0) is 56.0 Å². The van der Waals surface area contributed by atoms with Crippen molar-refractivity contribution in [2.75, 3.05) is 31.1 Å². The second kappa shape index (κ2) is 9.25. The molecule has 12 heteroatoms. The molecule has 0 unspecified atom stereocenters. The van der Waals surface area contributed by atoms with Crippen molar-refractivity contribution >= 4 is 45.9 Å². The summed E-state index contributed by atoms with van der Waals surface area (Å²) in [5.74, 6) is -1.28. The summed E-state index contributed by atoms with van der Waals surface area (Å²) in [6.07, 6.45) is -2.21. The maximum atomic E-state index is 13.9. The van der Waals surface area contributed by atoms with Crippen LogP contribution in [0.3, 0.4) is 0 Å². The van der Waals surface area contributed by atoms with E-state index in [0.717, 1.165) is 15.8 Å². The summed E-state index contributed by atoms with van der Waals surface area (Å²) in [5, 5.41) is 8.00. The number of hydrogen-bond acceptors (Lipinski definition) is 4. The number of hydrogen-bond donors (Lipinski definition) is 1. The normalized spacial score (nSPS) is 20.8. The highest BCUT2D eigenvalue weighted by Gasteiger charge is 2.55. The highest BCUT2D eigenvalue weighted by Crippen LogP contribution is 2.51. The van der Waals surface area contributed by atoms with Crippen LogP contribution in [-0.2, 0) is 15.0 Å². The lowest BCUT2D eigenvalue weighted by molar-refractivity contribution is -0.182. The fraction of sp³-hybridized carbons (Fsp3) is 0.407. The Labute approximate surface area is 226 Å². The lowest BCUT2D eigenvalue weighted by Crippen LogP contribution is -2.53. The fourth-order valence-corrected chi connectivity index (χ4v) is 6.64. The highest BCUT2D eigenvalue weighted by molar-refractivity contribution is 6.33. The topological polar surface area (TPSA) is 89.6 Å². The number of aromatic nitrogens is 2. The number of nitrogens with one attached hydrogen (secondary N) is 1. The SMILES string of the molecule is O=C(c1ccc2[nH]ncc2c1)N1CCC2(CC1)C(=O)N(CC(=O)N1CCC[C@H]1C(F)(F)F)c1cccc(Cl)c12. The van der Waals surface area contributed by atoms with Crippen molar-refractivity contribution in [2.24, 2.45) is 0 Å². The van der Waals surface area contributed by atoms with E-state index < -0.39 is 30.1 Å². The Morgan fingerprint density at radius 2 is 1.90 bits per heavy atom. The predicted molar refractivity (Wildman–Crippen MR) is 138 cm³/mol. The molecule has 0 aliphatic carbocycles. The number of piperidine rings is 1.